The highest BCUT2D eigenvalue weighted by atomic mass is 35.5. The van der Waals surface area contributed by atoms with Gasteiger partial charge in [0.15, 0.2) is 5.96 Å². The van der Waals surface area contributed by atoms with Gasteiger partial charge >= 0.3 is 0 Å². The first kappa shape index (κ1) is 12.4. The molecule has 0 fully saturated rings. The number of halogens is 1. The summed E-state index contributed by atoms with van der Waals surface area (Å²) in [6.45, 7) is 2.62. The van der Waals surface area contributed by atoms with Crippen LogP contribution in [-0.4, -0.2) is 17.5 Å². The number of hydrogen-bond acceptors (Lipinski definition) is 5. The minimum absolute atomic E-state index is 0.0668. The lowest BCUT2D eigenvalue weighted by Gasteiger charge is -2.24. The zero-order chi connectivity index (χ0) is 13.4. The maximum atomic E-state index is 6.05. The topological polar surface area (TPSA) is 54.5 Å². The molecule has 0 radical (unpaired) electrons. The number of nitrogens with two attached hydrogens (primary N) is 1. The maximum Gasteiger partial charge on any atom is 0.196 e. The first-order valence-electron chi connectivity index (χ1n) is 5.92. The average molecular weight is 293 g/mol. The Morgan fingerprint density at radius 2 is 2.32 bits per heavy atom. The van der Waals surface area contributed by atoms with Crippen molar-refractivity contribution < 1.29 is 0 Å². The molecule has 0 aliphatic carbocycles. The molecule has 0 spiro atoms. The van der Waals surface area contributed by atoms with E-state index < -0.39 is 0 Å². The molecule has 2 N–H and O–H groups in total. The third kappa shape index (κ3) is 2.31. The second-order valence-corrected chi connectivity index (χ2v) is 5.72. The SMILES string of the molecule is Cc1csc(C2CN=C(N)N2c2cccc(Cl)c2)n1. The molecule has 3 rings (SSSR count). The summed E-state index contributed by atoms with van der Waals surface area (Å²) < 4.78 is 0. The highest BCUT2D eigenvalue weighted by Gasteiger charge is 2.30. The Morgan fingerprint density at radius 1 is 1.47 bits per heavy atom. The van der Waals surface area contributed by atoms with Crippen molar-refractivity contribution in [2.45, 2.75) is 13.0 Å². The average Bonchev–Trinajstić information content (AvgIpc) is 2.95. The van der Waals surface area contributed by atoms with Gasteiger partial charge in [-0.05, 0) is 25.1 Å². The van der Waals surface area contributed by atoms with Crippen molar-refractivity contribution in [3.8, 4) is 0 Å². The number of aromatic nitrogens is 1. The van der Waals surface area contributed by atoms with E-state index in [1.165, 1.54) is 0 Å². The lowest BCUT2D eigenvalue weighted by molar-refractivity contribution is 0.758. The van der Waals surface area contributed by atoms with Crippen molar-refractivity contribution in [1.82, 2.24) is 4.98 Å². The van der Waals surface area contributed by atoms with Crippen molar-refractivity contribution in [2.75, 3.05) is 11.4 Å². The van der Waals surface area contributed by atoms with Gasteiger partial charge in [0.2, 0.25) is 0 Å². The minimum atomic E-state index is 0.0668. The van der Waals surface area contributed by atoms with Crippen LogP contribution in [0.2, 0.25) is 5.02 Å². The van der Waals surface area contributed by atoms with Gasteiger partial charge in [-0.15, -0.1) is 11.3 Å². The first-order chi connectivity index (χ1) is 9.15. The molecule has 1 aliphatic rings. The van der Waals surface area contributed by atoms with Crippen molar-refractivity contribution in [2.24, 2.45) is 10.7 Å². The predicted molar refractivity (Wildman–Crippen MR) is 80.0 cm³/mol. The van der Waals surface area contributed by atoms with E-state index in [0.29, 0.717) is 17.5 Å². The molecule has 19 heavy (non-hydrogen) atoms. The molecule has 98 valence electrons. The number of nitrogens with zero attached hydrogens (tertiary/aromatic N) is 3. The molecule has 1 aliphatic heterocycles. The normalized spacial score (nSPS) is 18.7. The molecule has 6 heteroatoms. The summed E-state index contributed by atoms with van der Waals surface area (Å²) in [5, 5.41) is 3.76. The van der Waals surface area contributed by atoms with Crippen LogP contribution in [0.4, 0.5) is 5.69 Å². The highest BCUT2D eigenvalue weighted by Crippen LogP contribution is 2.33. The van der Waals surface area contributed by atoms with E-state index in [1.807, 2.05) is 41.5 Å². The van der Waals surface area contributed by atoms with Crippen LogP contribution in [-0.2, 0) is 0 Å². The molecule has 0 bridgehead atoms. The van der Waals surface area contributed by atoms with Crippen LogP contribution >= 0.6 is 22.9 Å². The molecule has 1 aromatic heterocycles. The summed E-state index contributed by atoms with van der Waals surface area (Å²) in [7, 11) is 0. The smallest absolute Gasteiger partial charge is 0.196 e. The third-order valence-electron chi connectivity index (χ3n) is 2.99. The van der Waals surface area contributed by atoms with Gasteiger partial charge in [-0.1, -0.05) is 17.7 Å². The Bertz CT molecular complexity index is 637. The lowest BCUT2D eigenvalue weighted by atomic mass is 10.2. The predicted octanol–water partition coefficient (Wildman–Crippen LogP) is 2.98. The molecule has 0 saturated heterocycles. The summed E-state index contributed by atoms with van der Waals surface area (Å²) in [5.74, 6) is 0.514. The Hall–Kier alpha value is -1.59. The fourth-order valence-electron chi connectivity index (χ4n) is 2.15. The van der Waals surface area contributed by atoms with Crippen LogP contribution in [0.3, 0.4) is 0 Å². The molecule has 4 nitrogen and oxygen atoms in total. The molecule has 0 saturated carbocycles. The van der Waals surface area contributed by atoms with Crippen LogP contribution < -0.4 is 10.6 Å². The fourth-order valence-corrected chi connectivity index (χ4v) is 3.21. The van der Waals surface area contributed by atoms with Crippen molar-refractivity contribution in [1.29, 1.82) is 0 Å². The first-order valence-corrected chi connectivity index (χ1v) is 7.17. The van der Waals surface area contributed by atoms with Gasteiger partial charge in [-0.25, -0.2) is 4.98 Å². The molecular formula is C13H13ClN4S. The standard InChI is InChI=1S/C13H13ClN4S/c1-8-7-19-12(17-8)11-6-16-13(15)18(11)10-4-2-3-9(14)5-10/h2-5,7,11H,6H2,1H3,(H2,15,16). The number of benzene rings is 1. The monoisotopic (exact) mass is 292 g/mol. The van der Waals surface area contributed by atoms with Gasteiger partial charge in [-0.2, -0.15) is 0 Å². The van der Waals surface area contributed by atoms with E-state index in [9.17, 15) is 0 Å². The van der Waals surface area contributed by atoms with Crippen LogP contribution in [0, 0.1) is 6.92 Å². The van der Waals surface area contributed by atoms with Gasteiger partial charge in [0.25, 0.3) is 0 Å². The summed E-state index contributed by atoms with van der Waals surface area (Å²) in [6.07, 6.45) is 0. The zero-order valence-electron chi connectivity index (χ0n) is 10.4. The number of aryl methyl sites for hydroxylation is 1. The molecule has 1 unspecified atom stereocenters. The number of rotatable bonds is 2. The summed E-state index contributed by atoms with van der Waals surface area (Å²) >= 11 is 7.69. The lowest BCUT2D eigenvalue weighted by Crippen LogP contribution is -2.36. The Kier molecular flexibility index (Phi) is 3.16. The van der Waals surface area contributed by atoms with Gasteiger partial charge in [0, 0.05) is 21.8 Å². The summed E-state index contributed by atoms with van der Waals surface area (Å²) in [5.41, 5.74) is 7.98. The molecule has 0 amide bonds. The number of guanidine groups is 1. The van der Waals surface area contributed by atoms with Crippen molar-refractivity contribution >= 4 is 34.6 Å². The highest BCUT2D eigenvalue weighted by molar-refractivity contribution is 7.09. The number of aliphatic imine (C=N–C) groups is 1. The van der Waals surface area contributed by atoms with E-state index in [0.717, 1.165) is 16.4 Å². The van der Waals surface area contributed by atoms with Crippen molar-refractivity contribution in [3.63, 3.8) is 0 Å². The van der Waals surface area contributed by atoms with E-state index in [2.05, 4.69) is 9.98 Å². The Morgan fingerprint density at radius 3 is 3.00 bits per heavy atom. The van der Waals surface area contributed by atoms with Crippen LogP contribution in [0.15, 0.2) is 34.6 Å². The van der Waals surface area contributed by atoms with E-state index in [-0.39, 0.29) is 6.04 Å². The molecule has 2 heterocycles. The number of thiazole rings is 1. The molecule has 1 atom stereocenters. The summed E-state index contributed by atoms with van der Waals surface area (Å²) in [4.78, 5) is 10.9. The Balaban J connectivity index is 1.99. The quantitative estimate of drug-likeness (QED) is 0.926. The van der Waals surface area contributed by atoms with Crippen LogP contribution in [0.25, 0.3) is 0 Å². The van der Waals surface area contributed by atoms with Gasteiger partial charge in [0.1, 0.15) is 11.0 Å². The maximum absolute atomic E-state index is 6.05. The van der Waals surface area contributed by atoms with E-state index in [4.69, 9.17) is 17.3 Å². The largest absolute Gasteiger partial charge is 0.369 e. The van der Waals surface area contributed by atoms with Gasteiger partial charge in [0.05, 0.1) is 6.54 Å². The van der Waals surface area contributed by atoms with Crippen LogP contribution in [0.5, 0.6) is 0 Å². The minimum Gasteiger partial charge on any atom is -0.369 e. The number of anilines is 1. The third-order valence-corrected chi connectivity index (χ3v) is 4.29. The van der Waals surface area contributed by atoms with E-state index in [1.54, 1.807) is 11.3 Å². The van der Waals surface area contributed by atoms with Crippen LogP contribution in [0.1, 0.15) is 16.7 Å². The zero-order valence-corrected chi connectivity index (χ0v) is 11.9. The fraction of sp³-hybridized carbons (Fsp3) is 0.231. The molecule has 1 aromatic carbocycles. The second-order valence-electron chi connectivity index (χ2n) is 4.39. The van der Waals surface area contributed by atoms with Gasteiger partial charge < -0.3 is 10.6 Å². The second kappa shape index (κ2) is 4.83. The van der Waals surface area contributed by atoms with Gasteiger partial charge in [-0.3, -0.25) is 4.99 Å². The molecular weight excluding hydrogens is 280 g/mol. The summed E-state index contributed by atoms with van der Waals surface area (Å²) in [6, 6.07) is 7.69. The molecule has 2 aromatic rings. The number of hydrogen-bond donors (Lipinski definition) is 1. The van der Waals surface area contributed by atoms with Crippen molar-refractivity contribution in [3.05, 3.63) is 45.4 Å². The Labute approximate surface area is 120 Å². The van der Waals surface area contributed by atoms with E-state index >= 15 is 0 Å².